The molecule has 0 bridgehead atoms. The van der Waals surface area contributed by atoms with Gasteiger partial charge < -0.3 is 4.90 Å². The quantitative estimate of drug-likeness (QED) is 0.870. The van der Waals surface area contributed by atoms with Gasteiger partial charge in [-0.15, -0.1) is 0 Å². The molecule has 3 rings (SSSR count). The second-order valence-corrected chi connectivity index (χ2v) is 5.77. The largest absolute Gasteiger partial charge is 0.336 e. The van der Waals surface area contributed by atoms with Crippen LogP contribution in [0.25, 0.3) is 0 Å². The van der Waals surface area contributed by atoms with Crippen molar-refractivity contribution in [1.29, 1.82) is 0 Å². The summed E-state index contributed by atoms with van der Waals surface area (Å²) in [5.41, 5.74) is 1.97. The first kappa shape index (κ1) is 14.8. The molecule has 1 atom stereocenters. The highest BCUT2D eigenvalue weighted by Gasteiger charge is 2.29. The highest BCUT2D eigenvalue weighted by atomic mass is 19.1. The minimum atomic E-state index is -0.242. The Kier molecular flexibility index (Phi) is 4.22. The van der Waals surface area contributed by atoms with Crippen molar-refractivity contribution in [2.75, 3.05) is 6.54 Å². The molecule has 0 radical (unpaired) electrons. The molecule has 0 aliphatic carbocycles. The van der Waals surface area contributed by atoms with E-state index in [1.807, 2.05) is 24.1 Å². The predicted octanol–water partition coefficient (Wildman–Crippen LogP) is 3.08. The average Bonchev–Trinajstić information content (AvgIpc) is 3.14. The molecule has 0 saturated carbocycles. The first-order chi connectivity index (χ1) is 10.6. The third kappa shape index (κ3) is 3.18. The molecule has 1 saturated heterocycles. The van der Waals surface area contributed by atoms with Gasteiger partial charge in [-0.05, 0) is 43.5 Å². The van der Waals surface area contributed by atoms with Gasteiger partial charge in [0.15, 0.2) is 0 Å². The zero-order chi connectivity index (χ0) is 15.5. The Morgan fingerprint density at radius 2 is 2.09 bits per heavy atom. The van der Waals surface area contributed by atoms with Crippen molar-refractivity contribution >= 4 is 5.91 Å². The Labute approximate surface area is 129 Å². The Morgan fingerprint density at radius 1 is 1.32 bits per heavy atom. The van der Waals surface area contributed by atoms with E-state index < -0.39 is 0 Å². The first-order valence-electron chi connectivity index (χ1n) is 7.68. The van der Waals surface area contributed by atoms with Crippen molar-refractivity contribution in [2.45, 2.75) is 38.8 Å². The molecule has 1 amide bonds. The van der Waals surface area contributed by atoms with E-state index >= 15 is 0 Å². The monoisotopic (exact) mass is 301 g/mol. The number of nitrogens with zero attached hydrogens (tertiary/aromatic N) is 3. The summed E-state index contributed by atoms with van der Waals surface area (Å²) in [7, 11) is 0. The van der Waals surface area contributed by atoms with Crippen LogP contribution in [0, 0.1) is 12.7 Å². The standard InChI is InChI=1S/C17H20FN3O/c1-13-8-11-20(19-13)12-9-17(22)21-10-2-3-16(21)14-4-6-15(18)7-5-14/h4-8,11,16H,2-3,9-10,12H2,1H3/t16-/m0/s1. The molecule has 5 heteroatoms. The van der Waals surface area contributed by atoms with Crippen LogP contribution in [0.1, 0.15) is 36.6 Å². The Hall–Kier alpha value is -2.17. The number of amides is 1. The summed E-state index contributed by atoms with van der Waals surface area (Å²) in [5.74, 6) is -0.103. The Balaban J connectivity index is 1.64. The van der Waals surface area contributed by atoms with Gasteiger partial charge in [-0.3, -0.25) is 9.48 Å². The van der Waals surface area contributed by atoms with Crippen LogP contribution in [0.5, 0.6) is 0 Å². The number of aromatic nitrogens is 2. The third-order valence-electron chi connectivity index (χ3n) is 4.16. The molecule has 116 valence electrons. The number of aryl methyl sites for hydroxylation is 2. The van der Waals surface area contributed by atoms with Crippen molar-refractivity contribution in [2.24, 2.45) is 0 Å². The number of halogens is 1. The maximum atomic E-state index is 13.0. The number of carbonyl (C=O) groups is 1. The third-order valence-corrected chi connectivity index (χ3v) is 4.16. The summed E-state index contributed by atoms with van der Waals surface area (Å²) >= 11 is 0. The van der Waals surface area contributed by atoms with Crippen LogP contribution < -0.4 is 0 Å². The second-order valence-electron chi connectivity index (χ2n) is 5.77. The van der Waals surface area contributed by atoms with Crippen LogP contribution >= 0.6 is 0 Å². The van der Waals surface area contributed by atoms with Gasteiger partial charge in [-0.1, -0.05) is 12.1 Å². The molecular formula is C17H20FN3O. The molecule has 1 aromatic carbocycles. The Morgan fingerprint density at radius 3 is 2.77 bits per heavy atom. The van der Waals surface area contributed by atoms with Gasteiger partial charge in [0.25, 0.3) is 0 Å². The highest BCUT2D eigenvalue weighted by molar-refractivity contribution is 5.77. The van der Waals surface area contributed by atoms with E-state index in [1.54, 1.807) is 16.8 Å². The molecule has 0 unspecified atom stereocenters. The lowest BCUT2D eigenvalue weighted by Crippen LogP contribution is -2.31. The van der Waals surface area contributed by atoms with Gasteiger partial charge >= 0.3 is 0 Å². The second kappa shape index (κ2) is 6.30. The summed E-state index contributed by atoms with van der Waals surface area (Å²) in [6, 6.07) is 8.49. The van der Waals surface area contributed by atoms with Gasteiger partial charge in [0.2, 0.25) is 5.91 Å². The van der Waals surface area contributed by atoms with Crippen LogP contribution in [0.4, 0.5) is 4.39 Å². The predicted molar refractivity (Wildman–Crippen MR) is 81.7 cm³/mol. The molecule has 1 aliphatic rings. The van der Waals surface area contributed by atoms with Crippen LogP contribution in [0.15, 0.2) is 36.5 Å². The lowest BCUT2D eigenvalue weighted by molar-refractivity contribution is -0.132. The minimum Gasteiger partial charge on any atom is -0.336 e. The van der Waals surface area contributed by atoms with Crippen LogP contribution in [0.2, 0.25) is 0 Å². The molecule has 0 N–H and O–H groups in total. The number of benzene rings is 1. The number of rotatable bonds is 4. The van der Waals surface area contributed by atoms with E-state index in [2.05, 4.69) is 5.10 Å². The highest BCUT2D eigenvalue weighted by Crippen LogP contribution is 2.32. The Bertz CT molecular complexity index is 650. The summed E-state index contributed by atoms with van der Waals surface area (Å²) in [5, 5.41) is 4.30. The molecular weight excluding hydrogens is 281 g/mol. The van der Waals surface area contributed by atoms with Gasteiger partial charge in [0.1, 0.15) is 5.82 Å². The minimum absolute atomic E-state index is 0.0763. The maximum Gasteiger partial charge on any atom is 0.224 e. The first-order valence-corrected chi connectivity index (χ1v) is 7.68. The number of hydrogen-bond acceptors (Lipinski definition) is 2. The SMILES string of the molecule is Cc1ccn(CCC(=O)N2CCC[C@H]2c2ccc(F)cc2)n1. The summed E-state index contributed by atoms with van der Waals surface area (Å²) in [6.07, 6.45) is 4.27. The fourth-order valence-electron chi connectivity index (χ4n) is 3.04. The zero-order valence-corrected chi connectivity index (χ0v) is 12.7. The van der Waals surface area contributed by atoms with E-state index in [0.29, 0.717) is 13.0 Å². The lowest BCUT2D eigenvalue weighted by Gasteiger charge is -2.25. The average molecular weight is 301 g/mol. The van der Waals surface area contributed by atoms with Crippen molar-refractivity contribution in [3.63, 3.8) is 0 Å². The molecule has 4 nitrogen and oxygen atoms in total. The molecule has 1 aromatic heterocycles. The van der Waals surface area contributed by atoms with E-state index in [1.165, 1.54) is 12.1 Å². The van der Waals surface area contributed by atoms with Gasteiger partial charge in [-0.2, -0.15) is 5.10 Å². The van der Waals surface area contributed by atoms with E-state index in [4.69, 9.17) is 0 Å². The smallest absolute Gasteiger partial charge is 0.224 e. The van der Waals surface area contributed by atoms with E-state index in [-0.39, 0.29) is 17.8 Å². The fourth-order valence-corrected chi connectivity index (χ4v) is 3.04. The van der Waals surface area contributed by atoms with Crippen molar-refractivity contribution in [3.05, 3.63) is 53.6 Å². The lowest BCUT2D eigenvalue weighted by atomic mass is 10.0. The van der Waals surface area contributed by atoms with Crippen molar-refractivity contribution in [1.82, 2.24) is 14.7 Å². The number of carbonyl (C=O) groups excluding carboxylic acids is 1. The topological polar surface area (TPSA) is 38.1 Å². The molecule has 1 fully saturated rings. The van der Waals surface area contributed by atoms with E-state index in [0.717, 1.165) is 30.6 Å². The molecule has 22 heavy (non-hydrogen) atoms. The molecule has 2 heterocycles. The summed E-state index contributed by atoms with van der Waals surface area (Å²) < 4.78 is 14.9. The van der Waals surface area contributed by atoms with Gasteiger partial charge in [-0.25, -0.2) is 4.39 Å². The zero-order valence-electron chi connectivity index (χ0n) is 12.7. The summed E-state index contributed by atoms with van der Waals surface area (Å²) in [4.78, 5) is 14.4. The van der Waals surface area contributed by atoms with Crippen LogP contribution in [0.3, 0.4) is 0 Å². The van der Waals surface area contributed by atoms with Gasteiger partial charge in [0.05, 0.1) is 11.7 Å². The molecule has 1 aliphatic heterocycles. The van der Waals surface area contributed by atoms with Gasteiger partial charge in [0, 0.05) is 25.7 Å². The summed E-state index contributed by atoms with van der Waals surface area (Å²) in [6.45, 7) is 3.31. The number of hydrogen-bond donors (Lipinski definition) is 0. The number of likely N-dealkylation sites (tertiary alicyclic amines) is 1. The fraction of sp³-hybridized carbons (Fsp3) is 0.412. The maximum absolute atomic E-state index is 13.0. The van der Waals surface area contributed by atoms with Crippen LogP contribution in [-0.4, -0.2) is 27.1 Å². The van der Waals surface area contributed by atoms with Crippen molar-refractivity contribution in [3.8, 4) is 0 Å². The molecule has 2 aromatic rings. The van der Waals surface area contributed by atoms with Crippen LogP contribution in [-0.2, 0) is 11.3 Å². The van der Waals surface area contributed by atoms with E-state index in [9.17, 15) is 9.18 Å². The van der Waals surface area contributed by atoms with Crippen molar-refractivity contribution < 1.29 is 9.18 Å². The normalized spacial score (nSPS) is 17.9. The molecule has 0 spiro atoms.